The maximum atomic E-state index is 12.6. The second-order valence-corrected chi connectivity index (χ2v) is 7.71. The first-order chi connectivity index (χ1) is 9.90. The van der Waals surface area contributed by atoms with Crippen LogP contribution in [0.4, 0.5) is 0 Å². The lowest BCUT2D eigenvalue weighted by atomic mass is 9.98. The second kappa shape index (κ2) is 5.34. The van der Waals surface area contributed by atoms with Crippen LogP contribution in [0.1, 0.15) is 48.3 Å². The Morgan fingerprint density at radius 1 is 1.29 bits per heavy atom. The van der Waals surface area contributed by atoms with Crippen LogP contribution in [0.3, 0.4) is 0 Å². The molecule has 0 radical (unpaired) electrons. The van der Waals surface area contributed by atoms with Gasteiger partial charge < -0.3 is 14.4 Å². The number of nitrogens with zero attached hydrogens (tertiary/aromatic N) is 2. The lowest BCUT2D eigenvalue weighted by Gasteiger charge is -2.37. The predicted octanol–water partition coefficient (Wildman–Crippen LogP) is 2.42. The van der Waals surface area contributed by atoms with E-state index >= 15 is 0 Å². The molecule has 5 nitrogen and oxygen atoms in total. The molecular weight excluding hydrogens is 288 g/mol. The first kappa shape index (κ1) is 14.9. The third-order valence-electron chi connectivity index (χ3n) is 3.98. The van der Waals surface area contributed by atoms with Crippen molar-refractivity contribution in [3.05, 3.63) is 16.1 Å². The zero-order chi connectivity index (χ0) is 15.1. The van der Waals surface area contributed by atoms with E-state index in [-0.39, 0.29) is 11.3 Å². The van der Waals surface area contributed by atoms with E-state index in [1.54, 1.807) is 6.20 Å². The Balaban J connectivity index is 1.65. The number of hydrogen-bond donors (Lipinski definition) is 0. The summed E-state index contributed by atoms with van der Waals surface area (Å²) in [4.78, 5) is 19.6. The number of thiazole rings is 1. The van der Waals surface area contributed by atoms with Crippen LogP contribution in [0.25, 0.3) is 0 Å². The average molecular weight is 310 g/mol. The van der Waals surface area contributed by atoms with Crippen molar-refractivity contribution in [3.8, 4) is 0 Å². The van der Waals surface area contributed by atoms with Crippen LogP contribution >= 0.6 is 11.3 Å². The molecule has 116 valence electrons. The average Bonchev–Trinajstić information content (AvgIpc) is 3.08. The van der Waals surface area contributed by atoms with E-state index in [0.29, 0.717) is 26.3 Å². The van der Waals surface area contributed by atoms with Crippen LogP contribution in [0.5, 0.6) is 0 Å². The van der Waals surface area contributed by atoms with E-state index in [0.717, 1.165) is 22.7 Å². The van der Waals surface area contributed by atoms with Gasteiger partial charge in [0.1, 0.15) is 4.88 Å². The number of aromatic nitrogens is 1. The Morgan fingerprint density at radius 2 is 1.90 bits per heavy atom. The number of rotatable bonds is 1. The fourth-order valence-corrected chi connectivity index (χ4v) is 3.65. The van der Waals surface area contributed by atoms with Crippen molar-refractivity contribution in [1.82, 2.24) is 9.88 Å². The highest BCUT2D eigenvalue weighted by Crippen LogP contribution is 2.33. The molecule has 0 saturated carbocycles. The predicted molar refractivity (Wildman–Crippen MR) is 80.6 cm³/mol. The molecule has 0 bridgehead atoms. The fourth-order valence-electron chi connectivity index (χ4n) is 2.71. The van der Waals surface area contributed by atoms with Crippen LogP contribution in [0.2, 0.25) is 0 Å². The van der Waals surface area contributed by atoms with Crippen molar-refractivity contribution in [2.24, 2.45) is 0 Å². The minimum Gasteiger partial charge on any atom is -0.347 e. The first-order valence-corrected chi connectivity index (χ1v) is 8.25. The van der Waals surface area contributed by atoms with Gasteiger partial charge in [-0.05, 0) is 0 Å². The Bertz CT molecular complexity index is 519. The molecule has 2 fully saturated rings. The number of piperidine rings is 1. The monoisotopic (exact) mass is 310 g/mol. The molecule has 0 unspecified atom stereocenters. The number of ether oxygens (including phenoxy) is 2. The molecule has 2 aliphatic heterocycles. The smallest absolute Gasteiger partial charge is 0.265 e. The summed E-state index contributed by atoms with van der Waals surface area (Å²) in [6.07, 6.45) is 3.22. The summed E-state index contributed by atoms with van der Waals surface area (Å²) in [7, 11) is 0. The lowest BCUT2D eigenvalue weighted by Crippen LogP contribution is -2.47. The number of likely N-dealkylation sites (tertiary alicyclic amines) is 1. The summed E-state index contributed by atoms with van der Waals surface area (Å²) < 4.78 is 11.4. The van der Waals surface area contributed by atoms with Crippen LogP contribution in [-0.2, 0) is 14.9 Å². The van der Waals surface area contributed by atoms with Crippen molar-refractivity contribution in [2.45, 2.75) is 44.8 Å². The Morgan fingerprint density at radius 3 is 2.43 bits per heavy atom. The standard InChI is InChI=1S/C15H22N2O3S/c1-14(2,3)13-16-10-11(21-13)12(18)17-6-4-15(5-7-17)19-8-9-20-15/h10H,4-9H2,1-3H3. The zero-order valence-corrected chi connectivity index (χ0v) is 13.7. The molecular formula is C15H22N2O3S. The molecule has 2 aliphatic rings. The molecule has 0 aromatic carbocycles. The minimum atomic E-state index is -0.430. The summed E-state index contributed by atoms with van der Waals surface area (Å²) in [6, 6.07) is 0. The number of carbonyl (C=O) groups excluding carboxylic acids is 1. The van der Waals surface area contributed by atoms with E-state index in [9.17, 15) is 4.79 Å². The van der Waals surface area contributed by atoms with Gasteiger partial charge in [0, 0.05) is 31.3 Å². The topological polar surface area (TPSA) is 51.7 Å². The van der Waals surface area contributed by atoms with Gasteiger partial charge in [-0.3, -0.25) is 4.79 Å². The van der Waals surface area contributed by atoms with Gasteiger partial charge in [-0.2, -0.15) is 0 Å². The maximum absolute atomic E-state index is 12.6. The fraction of sp³-hybridized carbons (Fsp3) is 0.733. The molecule has 0 aliphatic carbocycles. The van der Waals surface area contributed by atoms with Gasteiger partial charge in [0.15, 0.2) is 5.79 Å². The molecule has 2 saturated heterocycles. The molecule has 3 rings (SSSR count). The third kappa shape index (κ3) is 2.98. The summed E-state index contributed by atoms with van der Waals surface area (Å²) in [5.41, 5.74) is -0.0132. The van der Waals surface area contributed by atoms with E-state index in [1.165, 1.54) is 11.3 Å². The van der Waals surface area contributed by atoms with E-state index in [2.05, 4.69) is 25.8 Å². The molecule has 1 aromatic rings. The van der Waals surface area contributed by atoms with Gasteiger partial charge >= 0.3 is 0 Å². The van der Waals surface area contributed by atoms with Gasteiger partial charge in [-0.25, -0.2) is 4.98 Å². The number of hydrogen-bond acceptors (Lipinski definition) is 5. The number of amides is 1. The SMILES string of the molecule is CC(C)(C)c1ncc(C(=O)N2CCC3(CC2)OCCO3)s1. The van der Waals surface area contributed by atoms with Gasteiger partial charge in [-0.15, -0.1) is 11.3 Å². The molecule has 0 N–H and O–H groups in total. The van der Waals surface area contributed by atoms with Crippen LogP contribution < -0.4 is 0 Å². The zero-order valence-electron chi connectivity index (χ0n) is 12.8. The summed E-state index contributed by atoms with van der Waals surface area (Å²) in [5.74, 6) is -0.350. The van der Waals surface area contributed by atoms with Gasteiger partial charge in [-0.1, -0.05) is 20.8 Å². The second-order valence-electron chi connectivity index (χ2n) is 6.68. The van der Waals surface area contributed by atoms with Crippen LogP contribution in [0.15, 0.2) is 6.20 Å². The van der Waals surface area contributed by atoms with Crippen LogP contribution in [0, 0.1) is 0 Å². The molecule has 21 heavy (non-hydrogen) atoms. The summed E-state index contributed by atoms with van der Waals surface area (Å²) in [5, 5.41) is 1.00. The Hall–Kier alpha value is -0.980. The summed E-state index contributed by atoms with van der Waals surface area (Å²) >= 11 is 1.50. The molecule has 0 atom stereocenters. The first-order valence-electron chi connectivity index (χ1n) is 7.43. The van der Waals surface area contributed by atoms with Gasteiger partial charge in [0.25, 0.3) is 5.91 Å². The van der Waals surface area contributed by atoms with Crippen molar-refractivity contribution in [3.63, 3.8) is 0 Å². The normalized spacial score (nSPS) is 22.0. The highest BCUT2D eigenvalue weighted by molar-refractivity contribution is 7.13. The van der Waals surface area contributed by atoms with Crippen LogP contribution in [-0.4, -0.2) is 47.9 Å². The van der Waals surface area contributed by atoms with Gasteiger partial charge in [0.05, 0.1) is 24.4 Å². The highest BCUT2D eigenvalue weighted by Gasteiger charge is 2.41. The molecule has 3 heterocycles. The van der Waals surface area contributed by atoms with E-state index in [4.69, 9.17) is 9.47 Å². The summed E-state index contributed by atoms with van der Waals surface area (Å²) in [6.45, 7) is 9.02. The van der Waals surface area contributed by atoms with Crippen molar-refractivity contribution in [2.75, 3.05) is 26.3 Å². The van der Waals surface area contributed by atoms with E-state index in [1.807, 2.05) is 4.90 Å². The van der Waals surface area contributed by atoms with Crippen molar-refractivity contribution < 1.29 is 14.3 Å². The van der Waals surface area contributed by atoms with Crippen molar-refractivity contribution in [1.29, 1.82) is 0 Å². The van der Waals surface area contributed by atoms with Crippen molar-refractivity contribution >= 4 is 17.2 Å². The molecule has 1 spiro atoms. The highest BCUT2D eigenvalue weighted by atomic mass is 32.1. The lowest BCUT2D eigenvalue weighted by molar-refractivity contribution is -0.181. The van der Waals surface area contributed by atoms with Gasteiger partial charge in [0.2, 0.25) is 0 Å². The maximum Gasteiger partial charge on any atom is 0.265 e. The Labute approximate surface area is 129 Å². The minimum absolute atomic E-state index is 0.0132. The number of carbonyl (C=O) groups is 1. The molecule has 6 heteroatoms. The largest absolute Gasteiger partial charge is 0.347 e. The third-order valence-corrected chi connectivity index (χ3v) is 5.40. The Kier molecular flexibility index (Phi) is 3.80. The molecule has 1 amide bonds. The molecule has 1 aromatic heterocycles. The van der Waals surface area contributed by atoms with E-state index < -0.39 is 5.79 Å². The quantitative estimate of drug-likeness (QED) is 0.799.